The van der Waals surface area contributed by atoms with Crippen LogP contribution in [0.2, 0.25) is 0 Å². The van der Waals surface area contributed by atoms with E-state index in [9.17, 15) is 0 Å². The molecule has 1 aromatic rings. The summed E-state index contributed by atoms with van der Waals surface area (Å²) < 4.78 is 3.02. The minimum atomic E-state index is 0.669. The van der Waals surface area contributed by atoms with Crippen molar-refractivity contribution in [1.82, 2.24) is 15.0 Å². The zero-order valence-electron chi connectivity index (χ0n) is 7.71. The average Bonchev–Trinajstić information content (AvgIpc) is 2.32. The lowest BCUT2D eigenvalue weighted by Crippen LogP contribution is -2.06. The molecule has 0 saturated heterocycles. The van der Waals surface area contributed by atoms with E-state index in [4.69, 9.17) is 0 Å². The number of hydrogen-bond acceptors (Lipinski definition) is 2. The van der Waals surface area contributed by atoms with E-state index in [1.54, 1.807) is 0 Å². The number of nitrogens with zero attached hydrogens (tertiary/aromatic N) is 3. The molecule has 1 rings (SSSR count). The highest BCUT2D eigenvalue weighted by molar-refractivity contribution is 14.1. The first-order valence-corrected chi connectivity index (χ1v) is 5.30. The standard InChI is InChI=1S/C8H14IN3/c1-4-12-7(5-6(2)3)8(9)10-11-12/h6H,4-5H2,1-3H3. The molecule has 0 aliphatic carbocycles. The molecule has 1 heterocycles. The van der Waals surface area contributed by atoms with Gasteiger partial charge in [0.05, 0.1) is 5.69 Å². The van der Waals surface area contributed by atoms with Crippen LogP contribution < -0.4 is 0 Å². The molecule has 0 bridgehead atoms. The summed E-state index contributed by atoms with van der Waals surface area (Å²) in [6, 6.07) is 0. The monoisotopic (exact) mass is 279 g/mol. The van der Waals surface area contributed by atoms with Crippen molar-refractivity contribution in [3.05, 3.63) is 9.39 Å². The van der Waals surface area contributed by atoms with Gasteiger partial charge < -0.3 is 0 Å². The summed E-state index contributed by atoms with van der Waals surface area (Å²) >= 11 is 2.24. The average molecular weight is 279 g/mol. The molecular weight excluding hydrogens is 265 g/mol. The topological polar surface area (TPSA) is 30.7 Å². The maximum absolute atomic E-state index is 4.05. The Morgan fingerprint density at radius 3 is 2.67 bits per heavy atom. The largest absolute Gasteiger partial charge is 0.249 e. The Morgan fingerprint density at radius 2 is 2.17 bits per heavy atom. The number of aryl methyl sites for hydroxylation is 1. The Balaban J connectivity index is 2.86. The van der Waals surface area contributed by atoms with Crippen molar-refractivity contribution >= 4 is 22.6 Å². The van der Waals surface area contributed by atoms with Gasteiger partial charge in [-0.25, -0.2) is 4.68 Å². The minimum Gasteiger partial charge on any atom is -0.249 e. The Labute approximate surface area is 86.7 Å². The third-order valence-electron chi connectivity index (χ3n) is 1.69. The van der Waals surface area contributed by atoms with E-state index in [0.29, 0.717) is 5.92 Å². The van der Waals surface area contributed by atoms with Crippen molar-refractivity contribution in [2.24, 2.45) is 5.92 Å². The van der Waals surface area contributed by atoms with Crippen molar-refractivity contribution < 1.29 is 0 Å². The van der Waals surface area contributed by atoms with Crippen molar-refractivity contribution in [1.29, 1.82) is 0 Å². The molecule has 68 valence electrons. The molecule has 0 unspecified atom stereocenters. The summed E-state index contributed by atoms with van der Waals surface area (Å²) in [5, 5.41) is 8.09. The second kappa shape index (κ2) is 4.20. The molecule has 0 fully saturated rings. The minimum absolute atomic E-state index is 0.669. The second-order valence-electron chi connectivity index (χ2n) is 3.24. The van der Waals surface area contributed by atoms with Crippen molar-refractivity contribution in [3.8, 4) is 0 Å². The summed E-state index contributed by atoms with van der Waals surface area (Å²) in [5.41, 5.74) is 1.27. The number of hydrogen-bond donors (Lipinski definition) is 0. The van der Waals surface area contributed by atoms with Crippen LogP contribution in [0.3, 0.4) is 0 Å². The van der Waals surface area contributed by atoms with Gasteiger partial charge in [0, 0.05) is 6.54 Å². The van der Waals surface area contributed by atoms with Gasteiger partial charge in [-0.3, -0.25) is 0 Å². The fraction of sp³-hybridized carbons (Fsp3) is 0.750. The fourth-order valence-corrected chi connectivity index (χ4v) is 1.74. The Bertz CT molecular complexity index is 255. The molecule has 0 N–H and O–H groups in total. The number of rotatable bonds is 3. The van der Waals surface area contributed by atoms with Gasteiger partial charge in [-0.2, -0.15) is 0 Å². The first-order chi connectivity index (χ1) is 5.65. The van der Waals surface area contributed by atoms with Crippen molar-refractivity contribution in [2.45, 2.75) is 33.7 Å². The molecule has 4 heteroatoms. The van der Waals surface area contributed by atoms with Crippen molar-refractivity contribution in [2.75, 3.05) is 0 Å². The highest BCUT2D eigenvalue weighted by Gasteiger charge is 2.10. The molecule has 0 aliphatic rings. The van der Waals surface area contributed by atoms with E-state index in [-0.39, 0.29) is 0 Å². The molecule has 0 aromatic carbocycles. The van der Waals surface area contributed by atoms with E-state index in [0.717, 1.165) is 16.7 Å². The Kier molecular flexibility index (Phi) is 3.49. The molecule has 0 atom stereocenters. The lowest BCUT2D eigenvalue weighted by atomic mass is 10.1. The van der Waals surface area contributed by atoms with Gasteiger partial charge in [0.25, 0.3) is 0 Å². The molecule has 0 aliphatic heterocycles. The van der Waals surface area contributed by atoms with Gasteiger partial charge in [-0.1, -0.05) is 19.1 Å². The molecule has 0 amide bonds. The molecule has 0 radical (unpaired) electrons. The van der Waals surface area contributed by atoms with Gasteiger partial charge in [0.1, 0.15) is 3.70 Å². The summed E-state index contributed by atoms with van der Waals surface area (Å²) in [6.07, 6.45) is 1.07. The lowest BCUT2D eigenvalue weighted by Gasteiger charge is -2.05. The van der Waals surface area contributed by atoms with Crippen LogP contribution in [-0.4, -0.2) is 15.0 Å². The van der Waals surface area contributed by atoms with Crippen LogP contribution in [0.1, 0.15) is 26.5 Å². The lowest BCUT2D eigenvalue weighted by molar-refractivity contribution is 0.552. The van der Waals surface area contributed by atoms with E-state index in [2.05, 4.69) is 53.7 Å². The Morgan fingerprint density at radius 1 is 1.50 bits per heavy atom. The van der Waals surface area contributed by atoms with Crippen molar-refractivity contribution in [3.63, 3.8) is 0 Å². The predicted octanol–water partition coefficient (Wildman–Crippen LogP) is 2.10. The highest BCUT2D eigenvalue weighted by atomic mass is 127. The summed E-state index contributed by atoms with van der Waals surface area (Å²) in [4.78, 5) is 0. The van der Waals surface area contributed by atoms with Gasteiger partial charge in [0.2, 0.25) is 0 Å². The molecule has 12 heavy (non-hydrogen) atoms. The SMILES string of the molecule is CCn1nnc(I)c1CC(C)C. The molecule has 0 spiro atoms. The second-order valence-corrected chi connectivity index (χ2v) is 4.26. The maximum Gasteiger partial charge on any atom is 0.146 e. The first kappa shape index (κ1) is 9.95. The van der Waals surface area contributed by atoms with Crippen LogP contribution in [0, 0.1) is 9.62 Å². The summed E-state index contributed by atoms with van der Waals surface area (Å²) in [7, 11) is 0. The number of aromatic nitrogens is 3. The van der Waals surface area contributed by atoms with Crippen LogP contribution in [0.15, 0.2) is 0 Å². The smallest absolute Gasteiger partial charge is 0.146 e. The van der Waals surface area contributed by atoms with Crippen LogP contribution >= 0.6 is 22.6 Å². The van der Waals surface area contributed by atoms with Crippen LogP contribution in [0.5, 0.6) is 0 Å². The third-order valence-corrected chi connectivity index (χ3v) is 2.53. The molecule has 1 aromatic heterocycles. The fourth-order valence-electron chi connectivity index (χ4n) is 1.14. The first-order valence-electron chi connectivity index (χ1n) is 4.23. The van der Waals surface area contributed by atoms with Gasteiger partial charge in [0.15, 0.2) is 0 Å². The third kappa shape index (κ3) is 2.18. The van der Waals surface area contributed by atoms with Gasteiger partial charge in [-0.15, -0.1) is 5.10 Å². The maximum atomic E-state index is 4.05. The summed E-state index contributed by atoms with van der Waals surface area (Å²) in [6.45, 7) is 7.43. The quantitative estimate of drug-likeness (QED) is 0.793. The Hall–Kier alpha value is -0.130. The van der Waals surface area contributed by atoms with E-state index in [1.807, 2.05) is 4.68 Å². The van der Waals surface area contributed by atoms with Crippen LogP contribution in [0.4, 0.5) is 0 Å². The van der Waals surface area contributed by atoms with E-state index in [1.165, 1.54) is 5.69 Å². The zero-order chi connectivity index (χ0) is 9.14. The van der Waals surface area contributed by atoms with Crippen LogP contribution in [0.25, 0.3) is 0 Å². The predicted molar refractivity (Wildman–Crippen MR) is 57.0 cm³/mol. The number of halogens is 1. The van der Waals surface area contributed by atoms with E-state index < -0.39 is 0 Å². The zero-order valence-corrected chi connectivity index (χ0v) is 9.87. The molecule has 3 nitrogen and oxygen atoms in total. The van der Waals surface area contributed by atoms with Gasteiger partial charge in [-0.05, 0) is 41.9 Å². The summed E-state index contributed by atoms with van der Waals surface area (Å²) in [5.74, 6) is 0.669. The highest BCUT2D eigenvalue weighted by Crippen LogP contribution is 2.13. The van der Waals surface area contributed by atoms with E-state index >= 15 is 0 Å². The molecular formula is C8H14IN3. The normalized spacial score (nSPS) is 11.1. The van der Waals surface area contributed by atoms with Crippen LogP contribution in [-0.2, 0) is 13.0 Å². The molecule has 0 saturated carbocycles. The van der Waals surface area contributed by atoms with Gasteiger partial charge >= 0.3 is 0 Å².